The lowest BCUT2D eigenvalue weighted by Gasteiger charge is -2.37. The molecule has 40 heavy (non-hydrogen) atoms. The first-order valence-corrected chi connectivity index (χ1v) is 14.1. The van der Waals surface area contributed by atoms with Gasteiger partial charge in [-0.15, -0.1) is 0 Å². The molecule has 0 amide bonds. The van der Waals surface area contributed by atoms with Gasteiger partial charge in [-0.05, 0) is 74.5 Å². The summed E-state index contributed by atoms with van der Waals surface area (Å²) in [5.41, 5.74) is 1.51. The van der Waals surface area contributed by atoms with Gasteiger partial charge in [0.05, 0.1) is 17.1 Å². The molecule has 1 heterocycles. The minimum absolute atomic E-state index is 0.151. The van der Waals surface area contributed by atoms with Crippen LogP contribution in [0.25, 0.3) is 11.1 Å². The third kappa shape index (κ3) is 6.87. The molecule has 0 aliphatic carbocycles. The summed E-state index contributed by atoms with van der Waals surface area (Å²) in [5, 5.41) is 0. The fraction of sp³-hybridized carbons (Fsp3) is 0.424. The quantitative estimate of drug-likeness (QED) is 0.243. The number of nitrogens with zero attached hydrogens (tertiary/aromatic N) is 2. The Bertz CT molecular complexity index is 1240. The van der Waals surface area contributed by atoms with Crippen molar-refractivity contribution in [3.05, 3.63) is 90.0 Å². The summed E-state index contributed by atoms with van der Waals surface area (Å²) in [6.45, 7) is 10.2. The maximum absolute atomic E-state index is 13.5. The highest BCUT2D eigenvalue weighted by molar-refractivity contribution is 5.83. The van der Waals surface area contributed by atoms with E-state index in [4.69, 9.17) is 4.74 Å². The summed E-state index contributed by atoms with van der Waals surface area (Å²) in [5.74, 6) is -0.151. The van der Waals surface area contributed by atoms with Gasteiger partial charge in [0.1, 0.15) is 0 Å². The molecule has 7 heteroatoms. The number of hydrogen-bond donors (Lipinski definition) is 0. The van der Waals surface area contributed by atoms with Crippen molar-refractivity contribution in [2.75, 3.05) is 37.6 Å². The minimum atomic E-state index is -4.39. The van der Waals surface area contributed by atoms with E-state index in [1.54, 1.807) is 18.2 Å². The Morgan fingerprint density at radius 2 is 1.50 bits per heavy atom. The highest BCUT2D eigenvalue weighted by Gasteiger charge is 2.40. The second-order valence-electron chi connectivity index (χ2n) is 10.8. The van der Waals surface area contributed by atoms with Gasteiger partial charge in [0.15, 0.2) is 0 Å². The lowest BCUT2D eigenvalue weighted by Crippen LogP contribution is -2.47. The number of rotatable bonds is 10. The van der Waals surface area contributed by atoms with Gasteiger partial charge in [-0.25, -0.2) is 0 Å². The van der Waals surface area contributed by atoms with Gasteiger partial charge in [0, 0.05) is 31.9 Å². The number of alkyl halides is 3. The predicted octanol–water partition coefficient (Wildman–Crippen LogP) is 7.57. The Balaban J connectivity index is 1.35. The van der Waals surface area contributed by atoms with E-state index in [1.807, 2.05) is 56.3 Å². The zero-order chi connectivity index (χ0) is 28.8. The number of piperazine rings is 1. The van der Waals surface area contributed by atoms with Crippen molar-refractivity contribution < 1.29 is 22.7 Å². The van der Waals surface area contributed by atoms with Crippen LogP contribution in [0.5, 0.6) is 0 Å². The minimum Gasteiger partial charge on any atom is -0.462 e. The van der Waals surface area contributed by atoms with Crippen LogP contribution in [0.15, 0.2) is 78.9 Å². The molecule has 1 fully saturated rings. The van der Waals surface area contributed by atoms with E-state index >= 15 is 0 Å². The molecule has 0 bridgehead atoms. The first kappa shape index (κ1) is 29.7. The zero-order valence-electron chi connectivity index (χ0n) is 23.6. The van der Waals surface area contributed by atoms with Gasteiger partial charge in [-0.3, -0.25) is 9.69 Å². The molecular weight excluding hydrogens is 513 g/mol. The van der Waals surface area contributed by atoms with Crippen LogP contribution in [-0.4, -0.2) is 49.7 Å². The first-order valence-electron chi connectivity index (χ1n) is 14.1. The number of esters is 1. The number of anilines is 1. The summed E-state index contributed by atoms with van der Waals surface area (Å²) >= 11 is 0. The van der Waals surface area contributed by atoms with Crippen LogP contribution in [0.2, 0.25) is 0 Å². The van der Waals surface area contributed by atoms with Gasteiger partial charge in [-0.1, -0.05) is 67.6 Å². The average Bonchev–Trinajstić information content (AvgIpc) is 2.95. The van der Waals surface area contributed by atoms with E-state index in [0.29, 0.717) is 12.0 Å². The van der Waals surface area contributed by atoms with Gasteiger partial charge in [0.25, 0.3) is 0 Å². The van der Waals surface area contributed by atoms with Crippen LogP contribution in [0.3, 0.4) is 0 Å². The lowest BCUT2D eigenvalue weighted by molar-refractivity contribution is -0.155. The number of carbonyl (C=O) groups is 1. The predicted molar refractivity (Wildman–Crippen MR) is 154 cm³/mol. The lowest BCUT2D eigenvalue weighted by atomic mass is 9.74. The number of hydrogen-bond acceptors (Lipinski definition) is 4. The molecule has 0 N–H and O–H groups in total. The summed E-state index contributed by atoms with van der Waals surface area (Å²) < 4.78 is 46.1. The van der Waals surface area contributed by atoms with E-state index < -0.39 is 17.2 Å². The summed E-state index contributed by atoms with van der Waals surface area (Å²) in [6, 6.07) is 23.0. The molecule has 1 aliphatic rings. The molecule has 1 saturated heterocycles. The second-order valence-corrected chi connectivity index (χ2v) is 10.8. The third-order valence-corrected chi connectivity index (χ3v) is 7.89. The fourth-order valence-corrected chi connectivity index (χ4v) is 5.64. The molecule has 0 aromatic heterocycles. The number of halogens is 3. The van der Waals surface area contributed by atoms with Crippen molar-refractivity contribution in [3.63, 3.8) is 0 Å². The monoisotopic (exact) mass is 552 g/mol. The zero-order valence-corrected chi connectivity index (χ0v) is 23.6. The highest BCUT2D eigenvalue weighted by Crippen LogP contribution is 2.38. The largest absolute Gasteiger partial charge is 0.462 e. The standard InChI is InChI=1S/C33H39F3N2O2/c1-4-32(31(39)40-25(2)3,27-11-6-5-7-12-27)19-10-20-37-21-23-38(24-22-37)28-17-15-26(16-18-28)29-13-8-9-14-30(29)33(34,35)36/h5-9,11-18,25H,4,10,19-24H2,1-3H3. The number of benzene rings is 3. The molecule has 4 nitrogen and oxygen atoms in total. The van der Waals surface area contributed by atoms with E-state index in [2.05, 4.69) is 16.7 Å². The maximum Gasteiger partial charge on any atom is 0.417 e. The Kier molecular flexibility index (Phi) is 9.56. The summed E-state index contributed by atoms with van der Waals surface area (Å²) in [7, 11) is 0. The van der Waals surface area contributed by atoms with Gasteiger partial charge >= 0.3 is 12.1 Å². The Labute approximate surface area is 235 Å². The highest BCUT2D eigenvalue weighted by atomic mass is 19.4. The van der Waals surface area contributed by atoms with Crippen LogP contribution >= 0.6 is 0 Å². The second kappa shape index (κ2) is 12.9. The first-order chi connectivity index (χ1) is 19.1. The Morgan fingerprint density at radius 3 is 2.10 bits per heavy atom. The van der Waals surface area contributed by atoms with E-state index in [-0.39, 0.29) is 17.6 Å². The molecule has 1 aliphatic heterocycles. The number of carbonyl (C=O) groups excluding carboxylic acids is 1. The van der Waals surface area contributed by atoms with Crippen molar-refractivity contribution in [2.45, 2.75) is 57.7 Å². The number of ether oxygens (including phenoxy) is 1. The Hall–Kier alpha value is -3.32. The van der Waals surface area contributed by atoms with Crippen LogP contribution in [-0.2, 0) is 21.1 Å². The van der Waals surface area contributed by atoms with Crippen molar-refractivity contribution in [1.29, 1.82) is 0 Å². The molecule has 0 spiro atoms. The third-order valence-electron chi connectivity index (χ3n) is 7.89. The van der Waals surface area contributed by atoms with Crippen LogP contribution in [0.1, 0.15) is 51.2 Å². The van der Waals surface area contributed by atoms with E-state index in [1.165, 1.54) is 12.1 Å². The molecule has 3 aromatic carbocycles. The summed E-state index contributed by atoms with van der Waals surface area (Å²) in [6.07, 6.45) is -2.27. The van der Waals surface area contributed by atoms with Crippen molar-refractivity contribution in [2.24, 2.45) is 0 Å². The topological polar surface area (TPSA) is 32.8 Å². The van der Waals surface area contributed by atoms with Crippen molar-refractivity contribution in [3.8, 4) is 11.1 Å². The average molecular weight is 553 g/mol. The van der Waals surface area contributed by atoms with E-state index in [9.17, 15) is 18.0 Å². The fourth-order valence-electron chi connectivity index (χ4n) is 5.64. The molecule has 214 valence electrons. The molecule has 0 radical (unpaired) electrons. The van der Waals surface area contributed by atoms with Crippen molar-refractivity contribution in [1.82, 2.24) is 4.90 Å². The molecule has 0 saturated carbocycles. The van der Waals surface area contributed by atoms with Crippen LogP contribution < -0.4 is 4.90 Å². The SMILES string of the molecule is CCC(CCCN1CCN(c2ccc(-c3ccccc3C(F)(F)F)cc2)CC1)(C(=O)OC(C)C)c1ccccc1. The molecule has 1 unspecified atom stereocenters. The molecule has 1 atom stereocenters. The van der Waals surface area contributed by atoms with Crippen LogP contribution in [0.4, 0.5) is 18.9 Å². The molecular formula is C33H39F3N2O2. The smallest absolute Gasteiger partial charge is 0.417 e. The van der Waals surface area contributed by atoms with Gasteiger partial charge in [0.2, 0.25) is 0 Å². The maximum atomic E-state index is 13.5. The van der Waals surface area contributed by atoms with Gasteiger partial charge < -0.3 is 9.64 Å². The Morgan fingerprint density at radius 1 is 0.875 bits per heavy atom. The van der Waals surface area contributed by atoms with Gasteiger partial charge in [-0.2, -0.15) is 13.2 Å². The summed E-state index contributed by atoms with van der Waals surface area (Å²) in [4.78, 5) is 18.0. The van der Waals surface area contributed by atoms with Crippen molar-refractivity contribution >= 4 is 11.7 Å². The van der Waals surface area contributed by atoms with Crippen LogP contribution in [0, 0.1) is 0 Å². The van der Waals surface area contributed by atoms with E-state index in [0.717, 1.165) is 62.9 Å². The molecule has 3 aromatic rings. The molecule has 4 rings (SSSR count). The normalized spacial score (nSPS) is 16.1.